The molecule has 0 radical (unpaired) electrons. The molecule has 9 rings (SSSR count). The molecule has 0 saturated carbocycles. The van der Waals surface area contributed by atoms with Gasteiger partial charge in [0.05, 0.1) is 5.02 Å². The minimum atomic E-state index is 0.532. The first-order valence-corrected chi connectivity index (χ1v) is 15.0. The minimum absolute atomic E-state index is 0.532. The monoisotopic (exact) mass is 590 g/mol. The van der Waals surface area contributed by atoms with Crippen LogP contribution in [0.3, 0.4) is 0 Å². The van der Waals surface area contributed by atoms with E-state index in [0.29, 0.717) is 28.1 Å². The molecule has 0 fully saturated rings. The quantitative estimate of drug-likeness (QED) is 0.205. The van der Waals surface area contributed by atoms with Crippen LogP contribution in [-0.2, 0) is 0 Å². The van der Waals surface area contributed by atoms with E-state index in [0.717, 1.165) is 49.2 Å². The number of aromatic nitrogens is 4. The van der Waals surface area contributed by atoms with Crippen molar-refractivity contribution in [2.75, 3.05) is 0 Å². The average Bonchev–Trinajstić information content (AvgIpc) is 3.63. The molecule has 0 amide bonds. The maximum atomic E-state index is 6.72. The molecular weight excluding hydrogens is 572 g/mol. The number of nitrogens with zero attached hydrogens (tertiary/aromatic N) is 4. The summed E-state index contributed by atoms with van der Waals surface area (Å²) in [5, 5.41) is 6.75. The minimum Gasteiger partial charge on any atom is -0.454 e. The zero-order valence-electron chi connectivity index (χ0n) is 22.5. The summed E-state index contributed by atoms with van der Waals surface area (Å²) < 4.78 is 8.77. The zero-order chi connectivity index (χ0) is 28.5. The van der Waals surface area contributed by atoms with Gasteiger partial charge in [0.25, 0.3) is 0 Å². The Hall–Kier alpha value is -5.17. The number of furan rings is 1. The lowest BCUT2D eigenvalue weighted by atomic mass is 10.0. The van der Waals surface area contributed by atoms with Crippen molar-refractivity contribution in [1.29, 1.82) is 0 Å². The summed E-state index contributed by atoms with van der Waals surface area (Å²) >= 11 is 8.50. The maximum absolute atomic E-state index is 6.72. The topological polar surface area (TPSA) is 64.7 Å². The first-order chi connectivity index (χ1) is 21.2. The second-order valence-corrected chi connectivity index (χ2v) is 11.9. The number of halogens is 1. The largest absolute Gasteiger partial charge is 0.454 e. The Balaban J connectivity index is 1.37. The molecule has 7 heteroatoms. The highest BCUT2D eigenvalue weighted by Crippen LogP contribution is 2.42. The molecule has 0 N–H and O–H groups in total. The molecule has 9 aromatic rings. The van der Waals surface area contributed by atoms with Crippen LogP contribution in [0.4, 0.5) is 0 Å². The van der Waals surface area contributed by atoms with Crippen LogP contribution in [0, 0.1) is 0 Å². The van der Waals surface area contributed by atoms with Crippen molar-refractivity contribution >= 4 is 75.8 Å². The molecule has 0 aliphatic rings. The Morgan fingerprint density at radius 2 is 1.37 bits per heavy atom. The van der Waals surface area contributed by atoms with Crippen LogP contribution in [0.5, 0.6) is 0 Å². The predicted octanol–water partition coefficient (Wildman–Crippen LogP) is 10.3. The van der Waals surface area contributed by atoms with E-state index in [9.17, 15) is 0 Å². The van der Waals surface area contributed by atoms with E-state index >= 15 is 0 Å². The average molecular weight is 591 g/mol. The number of hydrogen-bond acceptors (Lipinski definition) is 6. The van der Waals surface area contributed by atoms with Gasteiger partial charge in [0.15, 0.2) is 23.1 Å². The molecule has 5 nitrogen and oxygen atoms in total. The fraction of sp³-hybridized carbons (Fsp3) is 0. The molecule has 0 spiro atoms. The van der Waals surface area contributed by atoms with Crippen LogP contribution in [-0.4, -0.2) is 19.9 Å². The van der Waals surface area contributed by atoms with Crippen molar-refractivity contribution in [3.05, 3.63) is 121 Å². The highest BCUT2D eigenvalue weighted by Gasteiger charge is 2.21. The van der Waals surface area contributed by atoms with E-state index in [2.05, 4.69) is 53.5 Å². The maximum Gasteiger partial charge on any atom is 0.164 e. The summed E-state index contributed by atoms with van der Waals surface area (Å²) in [6.45, 7) is 0. The van der Waals surface area contributed by atoms with Gasteiger partial charge in [0.1, 0.15) is 5.58 Å². The van der Waals surface area contributed by atoms with Crippen LogP contribution in [0.25, 0.3) is 87.0 Å². The van der Waals surface area contributed by atoms with Crippen LogP contribution in [0.15, 0.2) is 120 Å². The summed E-state index contributed by atoms with van der Waals surface area (Å²) in [4.78, 5) is 19.5. The number of benzene rings is 5. The van der Waals surface area contributed by atoms with Crippen LogP contribution >= 0.6 is 22.9 Å². The van der Waals surface area contributed by atoms with Gasteiger partial charge in [-0.1, -0.05) is 72.3 Å². The molecule has 5 aromatic carbocycles. The van der Waals surface area contributed by atoms with Crippen LogP contribution < -0.4 is 0 Å². The fourth-order valence-electron chi connectivity index (χ4n) is 5.91. The van der Waals surface area contributed by atoms with Crippen LogP contribution in [0.2, 0.25) is 5.02 Å². The number of hydrogen-bond donors (Lipinski definition) is 0. The number of pyridine rings is 1. The van der Waals surface area contributed by atoms with Gasteiger partial charge in [-0.15, -0.1) is 11.3 Å². The summed E-state index contributed by atoms with van der Waals surface area (Å²) in [7, 11) is 0. The Labute approximate surface area is 254 Å². The van der Waals surface area contributed by atoms with E-state index in [1.165, 1.54) is 14.8 Å². The molecule has 0 saturated heterocycles. The lowest BCUT2D eigenvalue weighted by Gasteiger charge is -2.10. The predicted molar refractivity (Wildman–Crippen MR) is 177 cm³/mol. The first-order valence-electron chi connectivity index (χ1n) is 13.8. The van der Waals surface area contributed by atoms with Gasteiger partial charge in [0, 0.05) is 65.4 Å². The number of thiophene rings is 1. The second kappa shape index (κ2) is 9.42. The summed E-state index contributed by atoms with van der Waals surface area (Å²) in [5.74, 6) is 1.77. The zero-order valence-corrected chi connectivity index (χ0v) is 24.0. The standard InChI is InChI=1S/C36H19ClN4OS/c37-27-14-13-25(32-26-17-21-15-16-38-19-22(21)18-28(26)42-33(27)32)36-40-34(20-7-2-1-3-8-20)39-35(41-36)24-10-6-12-30-31(24)23-9-4-5-11-29(23)43-30/h1-19H. The van der Waals surface area contributed by atoms with E-state index in [1.807, 2.05) is 60.8 Å². The Kier molecular flexibility index (Phi) is 5.35. The number of rotatable bonds is 3. The molecule has 0 unspecified atom stereocenters. The van der Waals surface area contributed by atoms with Crippen molar-refractivity contribution in [1.82, 2.24) is 19.9 Å². The molecule has 0 bridgehead atoms. The van der Waals surface area contributed by atoms with Crippen LogP contribution in [0.1, 0.15) is 0 Å². The first kappa shape index (κ1) is 24.4. The fourth-order valence-corrected chi connectivity index (χ4v) is 7.24. The summed E-state index contributed by atoms with van der Waals surface area (Å²) in [5.41, 5.74) is 4.05. The second-order valence-electron chi connectivity index (χ2n) is 10.4. The normalized spacial score (nSPS) is 11.8. The Bertz CT molecular complexity index is 2540. The van der Waals surface area contributed by atoms with E-state index < -0.39 is 0 Å². The van der Waals surface area contributed by atoms with Crippen molar-refractivity contribution in [2.45, 2.75) is 0 Å². The van der Waals surface area contributed by atoms with Gasteiger partial charge < -0.3 is 4.42 Å². The van der Waals surface area contributed by atoms with Crippen molar-refractivity contribution < 1.29 is 4.42 Å². The highest BCUT2D eigenvalue weighted by molar-refractivity contribution is 7.25. The van der Waals surface area contributed by atoms with Gasteiger partial charge in [0.2, 0.25) is 0 Å². The summed E-state index contributed by atoms with van der Waals surface area (Å²) in [6, 6.07) is 34.8. The lowest BCUT2D eigenvalue weighted by molar-refractivity contribution is 0.669. The van der Waals surface area contributed by atoms with E-state index in [1.54, 1.807) is 17.5 Å². The molecule has 0 atom stereocenters. The molecular formula is C36H19ClN4OS. The molecule has 202 valence electrons. The molecule has 0 aliphatic heterocycles. The molecule has 0 aliphatic carbocycles. The summed E-state index contributed by atoms with van der Waals surface area (Å²) in [6.07, 6.45) is 3.63. The van der Waals surface area contributed by atoms with Gasteiger partial charge in [-0.3, -0.25) is 4.98 Å². The van der Waals surface area contributed by atoms with E-state index in [4.69, 9.17) is 31.0 Å². The molecule has 43 heavy (non-hydrogen) atoms. The van der Waals surface area contributed by atoms with Gasteiger partial charge >= 0.3 is 0 Å². The third-order valence-electron chi connectivity index (χ3n) is 7.88. The van der Waals surface area contributed by atoms with E-state index in [-0.39, 0.29) is 0 Å². The molecule has 4 heterocycles. The Morgan fingerprint density at radius 3 is 2.26 bits per heavy atom. The van der Waals surface area contributed by atoms with Crippen molar-refractivity contribution in [3.8, 4) is 34.2 Å². The molecule has 4 aromatic heterocycles. The van der Waals surface area contributed by atoms with Gasteiger partial charge in [-0.2, -0.15) is 0 Å². The van der Waals surface area contributed by atoms with Crippen molar-refractivity contribution in [2.24, 2.45) is 0 Å². The third-order valence-corrected chi connectivity index (χ3v) is 9.32. The SMILES string of the molecule is Clc1ccc(-c2nc(-c3ccccc3)nc(-c3cccc4sc5ccccc5c34)n2)c2c1oc1cc3cnccc3cc12. The van der Waals surface area contributed by atoms with Crippen molar-refractivity contribution in [3.63, 3.8) is 0 Å². The lowest BCUT2D eigenvalue weighted by Crippen LogP contribution is -2.00. The number of fused-ring (bicyclic) bond motifs is 7. The smallest absolute Gasteiger partial charge is 0.164 e. The van der Waals surface area contributed by atoms with Gasteiger partial charge in [-0.05, 0) is 47.9 Å². The highest BCUT2D eigenvalue weighted by atomic mass is 35.5. The third kappa shape index (κ3) is 3.84. The van der Waals surface area contributed by atoms with Gasteiger partial charge in [-0.25, -0.2) is 15.0 Å². The Morgan fingerprint density at radius 1 is 0.605 bits per heavy atom.